The fourth-order valence-corrected chi connectivity index (χ4v) is 7.58. The van der Waals surface area contributed by atoms with E-state index in [9.17, 15) is 0 Å². The van der Waals surface area contributed by atoms with Crippen molar-refractivity contribution < 1.29 is 4.42 Å². The van der Waals surface area contributed by atoms with Gasteiger partial charge in [0, 0.05) is 16.8 Å². The number of nitrogens with zero attached hydrogens (tertiary/aromatic N) is 1. The van der Waals surface area contributed by atoms with E-state index in [-0.39, 0.29) is 0 Å². The van der Waals surface area contributed by atoms with E-state index in [2.05, 4.69) is 193 Å². The third kappa shape index (κ3) is 5.30. The van der Waals surface area contributed by atoms with Crippen LogP contribution in [0, 0.1) is 0 Å². The largest absolute Gasteiger partial charge is 0.456 e. The number of benzene rings is 9. The quantitative estimate of drug-likeness (QED) is 0.176. The van der Waals surface area contributed by atoms with E-state index < -0.39 is 0 Å². The van der Waals surface area contributed by atoms with E-state index in [0.29, 0.717) is 0 Å². The summed E-state index contributed by atoms with van der Waals surface area (Å²) in [5.41, 5.74) is 12.2. The third-order valence-electron chi connectivity index (χ3n) is 10.2. The lowest BCUT2D eigenvalue weighted by molar-refractivity contribution is 0.669. The summed E-state index contributed by atoms with van der Waals surface area (Å²) in [5.74, 6) is 0. The Morgan fingerprint density at radius 1 is 0.308 bits per heavy atom. The molecule has 0 saturated heterocycles. The standard InChI is InChI=1S/C50H33NO/c1-2-9-34(10-3-1)36-25-28-44(29-26-36)51(47-14-8-16-49-50(47)46-13-6-7-15-48(46)52-49)45-30-27-39-22-24-42(32-43(39)33-45)38-19-17-37(18-20-38)41-23-21-35-11-4-5-12-40(35)31-41/h1-33H. The summed E-state index contributed by atoms with van der Waals surface area (Å²) in [4.78, 5) is 2.36. The van der Waals surface area contributed by atoms with E-state index in [1.54, 1.807) is 0 Å². The Morgan fingerprint density at radius 3 is 1.60 bits per heavy atom. The Balaban J connectivity index is 1.07. The van der Waals surface area contributed by atoms with Gasteiger partial charge >= 0.3 is 0 Å². The molecule has 2 heteroatoms. The molecule has 0 bridgehead atoms. The third-order valence-corrected chi connectivity index (χ3v) is 10.2. The molecule has 0 aliphatic heterocycles. The Hall–Kier alpha value is -6.90. The van der Waals surface area contributed by atoms with E-state index in [0.717, 1.165) is 39.0 Å². The summed E-state index contributed by atoms with van der Waals surface area (Å²) in [6, 6.07) is 71.8. The maximum Gasteiger partial charge on any atom is 0.137 e. The number of hydrogen-bond donors (Lipinski definition) is 0. The van der Waals surface area contributed by atoms with Crippen molar-refractivity contribution in [1.29, 1.82) is 0 Å². The molecule has 2 nitrogen and oxygen atoms in total. The summed E-state index contributed by atoms with van der Waals surface area (Å²) in [6.45, 7) is 0. The van der Waals surface area contributed by atoms with Crippen molar-refractivity contribution in [2.24, 2.45) is 0 Å². The summed E-state index contributed by atoms with van der Waals surface area (Å²) in [7, 11) is 0. The molecule has 10 aromatic rings. The van der Waals surface area contributed by atoms with Gasteiger partial charge in [-0.3, -0.25) is 0 Å². The van der Waals surface area contributed by atoms with E-state index >= 15 is 0 Å². The molecule has 0 atom stereocenters. The van der Waals surface area contributed by atoms with Crippen molar-refractivity contribution in [1.82, 2.24) is 0 Å². The summed E-state index contributed by atoms with van der Waals surface area (Å²) < 4.78 is 6.36. The predicted octanol–water partition coefficient (Wildman–Crippen LogP) is 14.4. The maximum absolute atomic E-state index is 6.36. The number of para-hydroxylation sites is 1. The highest BCUT2D eigenvalue weighted by Gasteiger charge is 2.20. The Labute approximate surface area is 302 Å². The van der Waals surface area contributed by atoms with Crippen LogP contribution in [0.2, 0.25) is 0 Å². The fraction of sp³-hybridized carbons (Fsp3) is 0. The first-order chi connectivity index (χ1) is 25.7. The molecular weight excluding hydrogens is 631 g/mol. The number of hydrogen-bond acceptors (Lipinski definition) is 2. The first-order valence-corrected chi connectivity index (χ1v) is 17.7. The molecular formula is C50H33NO. The zero-order valence-corrected chi connectivity index (χ0v) is 28.4. The van der Waals surface area contributed by atoms with Crippen molar-refractivity contribution in [3.8, 4) is 33.4 Å². The number of anilines is 3. The van der Waals surface area contributed by atoms with Crippen molar-refractivity contribution in [3.05, 3.63) is 200 Å². The Kier molecular flexibility index (Phi) is 7.18. The first-order valence-electron chi connectivity index (χ1n) is 17.7. The normalized spacial score (nSPS) is 11.5. The van der Waals surface area contributed by atoms with Gasteiger partial charge in [0.25, 0.3) is 0 Å². The zero-order chi connectivity index (χ0) is 34.4. The van der Waals surface area contributed by atoms with Crippen molar-refractivity contribution in [2.45, 2.75) is 0 Å². The highest BCUT2D eigenvalue weighted by molar-refractivity contribution is 6.13. The highest BCUT2D eigenvalue weighted by Crippen LogP contribution is 2.44. The van der Waals surface area contributed by atoms with Gasteiger partial charge in [-0.25, -0.2) is 0 Å². The second kappa shape index (κ2) is 12.5. The summed E-state index contributed by atoms with van der Waals surface area (Å²) >= 11 is 0. The van der Waals surface area contributed by atoms with Gasteiger partial charge in [-0.2, -0.15) is 0 Å². The van der Waals surface area contributed by atoms with Gasteiger partial charge in [0.1, 0.15) is 11.2 Å². The van der Waals surface area contributed by atoms with E-state index in [1.807, 2.05) is 12.1 Å². The minimum atomic E-state index is 0.875. The molecule has 0 unspecified atom stereocenters. The van der Waals surface area contributed by atoms with Gasteiger partial charge in [-0.1, -0.05) is 146 Å². The van der Waals surface area contributed by atoms with Gasteiger partial charge < -0.3 is 9.32 Å². The van der Waals surface area contributed by atoms with Crippen LogP contribution in [0.3, 0.4) is 0 Å². The van der Waals surface area contributed by atoms with Crippen LogP contribution in [0.5, 0.6) is 0 Å². The lowest BCUT2D eigenvalue weighted by Gasteiger charge is -2.27. The molecule has 1 aromatic heterocycles. The van der Waals surface area contributed by atoms with Crippen molar-refractivity contribution in [3.63, 3.8) is 0 Å². The monoisotopic (exact) mass is 663 g/mol. The molecule has 0 radical (unpaired) electrons. The highest BCUT2D eigenvalue weighted by atomic mass is 16.3. The van der Waals surface area contributed by atoms with Gasteiger partial charge in [-0.05, 0) is 110 Å². The second-order valence-corrected chi connectivity index (χ2v) is 13.4. The number of fused-ring (bicyclic) bond motifs is 5. The molecule has 0 spiro atoms. The number of rotatable bonds is 6. The topological polar surface area (TPSA) is 16.4 Å². The second-order valence-electron chi connectivity index (χ2n) is 13.4. The number of furan rings is 1. The lowest BCUT2D eigenvalue weighted by Crippen LogP contribution is -2.10. The zero-order valence-electron chi connectivity index (χ0n) is 28.4. The molecule has 0 aliphatic carbocycles. The average Bonchev–Trinajstić information content (AvgIpc) is 3.61. The van der Waals surface area contributed by atoms with Crippen molar-refractivity contribution in [2.75, 3.05) is 4.90 Å². The Bertz CT molecular complexity index is 2890. The smallest absolute Gasteiger partial charge is 0.137 e. The molecule has 0 aliphatic rings. The molecule has 52 heavy (non-hydrogen) atoms. The van der Waals surface area contributed by atoms with Crippen LogP contribution in [0.15, 0.2) is 205 Å². The molecule has 0 fully saturated rings. The minimum Gasteiger partial charge on any atom is -0.456 e. The fourth-order valence-electron chi connectivity index (χ4n) is 7.58. The first kappa shape index (κ1) is 30.0. The van der Waals surface area contributed by atoms with Crippen LogP contribution in [-0.4, -0.2) is 0 Å². The SMILES string of the molecule is c1ccc(-c2ccc(N(c3ccc4ccc(-c5ccc(-c6ccc7ccccc7c6)cc5)cc4c3)c3cccc4oc5ccccc5c34)cc2)cc1. The van der Waals surface area contributed by atoms with Crippen LogP contribution in [0.1, 0.15) is 0 Å². The predicted molar refractivity (Wildman–Crippen MR) is 220 cm³/mol. The van der Waals surface area contributed by atoms with Gasteiger partial charge in [0.2, 0.25) is 0 Å². The molecule has 0 amide bonds. The molecule has 244 valence electrons. The minimum absolute atomic E-state index is 0.875. The lowest BCUT2D eigenvalue weighted by atomic mass is 9.97. The molecule has 0 saturated carbocycles. The average molecular weight is 664 g/mol. The molecule has 0 N–H and O–H groups in total. The van der Waals surface area contributed by atoms with Crippen LogP contribution in [0.4, 0.5) is 17.1 Å². The molecule has 10 rings (SSSR count). The summed E-state index contributed by atoms with van der Waals surface area (Å²) in [5, 5.41) is 7.11. The molecule has 9 aromatic carbocycles. The van der Waals surface area contributed by atoms with Crippen molar-refractivity contribution >= 4 is 60.5 Å². The van der Waals surface area contributed by atoms with Crippen LogP contribution >= 0.6 is 0 Å². The van der Waals surface area contributed by atoms with Gasteiger partial charge in [0.15, 0.2) is 0 Å². The van der Waals surface area contributed by atoms with E-state index in [1.165, 1.54) is 54.9 Å². The van der Waals surface area contributed by atoms with E-state index in [4.69, 9.17) is 4.42 Å². The Morgan fingerprint density at radius 2 is 0.827 bits per heavy atom. The van der Waals surface area contributed by atoms with Crippen LogP contribution < -0.4 is 4.90 Å². The molecule has 1 heterocycles. The van der Waals surface area contributed by atoms with Crippen LogP contribution in [-0.2, 0) is 0 Å². The van der Waals surface area contributed by atoms with Crippen LogP contribution in [0.25, 0.3) is 76.9 Å². The summed E-state index contributed by atoms with van der Waals surface area (Å²) in [6.07, 6.45) is 0. The maximum atomic E-state index is 6.36. The van der Waals surface area contributed by atoms with Gasteiger partial charge in [0.05, 0.1) is 11.1 Å². The van der Waals surface area contributed by atoms with Gasteiger partial charge in [-0.15, -0.1) is 0 Å².